The number of aromatic nitrogens is 1. The maximum atomic E-state index is 9.64. The molecule has 0 saturated heterocycles. The van der Waals surface area contributed by atoms with Crippen LogP contribution in [0.15, 0.2) is 21.8 Å². The second-order valence-electron chi connectivity index (χ2n) is 3.49. The normalized spacial score (nSPS) is 19.6. The van der Waals surface area contributed by atoms with Gasteiger partial charge in [-0.1, -0.05) is 5.16 Å². The molecule has 2 rings (SSSR count). The molecule has 0 radical (unpaired) electrons. The van der Waals surface area contributed by atoms with Gasteiger partial charge in [-0.05, 0) is 28.1 Å². The molecule has 0 fully saturated rings. The molecule has 1 unspecified atom stereocenters. The van der Waals surface area contributed by atoms with Gasteiger partial charge in [-0.25, -0.2) is 4.98 Å². The molecule has 1 aromatic rings. The first-order valence-electron chi connectivity index (χ1n) is 4.95. The van der Waals surface area contributed by atoms with Gasteiger partial charge in [0.1, 0.15) is 5.69 Å². The molecule has 2 heterocycles. The second-order valence-corrected chi connectivity index (χ2v) is 4.34. The summed E-state index contributed by atoms with van der Waals surface area (Å²) < 4.78 is 5.86. The summed E-state index contributed by atoms with van der Waals surface area (Å²) in [6.45, 7) is 0.146. The minimum absolute atomic E-state index is 0.146. The van der Waals surface area contributed by atoms with Gasteiger partial charge in [0.15, 0.2) is 18.7 Å². The van der Waals surface area contributed by atoms with Crippen LogP contribution in [0.25, 0.3) is 0 Å². The number of amidine groups is 1. The van der Waals surface area contributed by atoms with E-state index in [2.05, 4.69) is 26.1 Å². The molecule has 1 aliphatic rings. The summed E-state index contributed by atoms with van der Waals surface area (Å²) in [6.07, 6.45) is -0.723. The van der Waals surface area contributed by atoms with Crippen LogP contribution in [0, 0.1) is 0 Å². The monoisotopic (exact) mass is 301 g/mol. The molecule has 7 heteroatoms. The highest BCUT2D eigenvalue weighted by molar-refractivity contribution is 9.10. The van der Waals surface area contributed by atoms with Gasteiger partial charge >= 0.3 is 0 Å². The Bertz CT molecular complexity index is 452. The van der Waals surface area contributed by atoms with Gasteiger partial charge < -0.3 is 19.6 Å². The standard InChI is InChI=1S/C10H12BrN3O3/c1-14-8(15)5-17-13-9(14)7-4-3-6(11)10(12-7)16-2/h3-4,8,15H,5H2,1-2H3. The van der Waals surface area contributed by atoms with Crippen LogP contribution in [0.5, 0.6) is 5.88 Å². The highest BCUT2D eigenvalue weighted by Crippen LogP contribution is 2.23. The lowest BCUT2D eigenvalue weighted by Crippen LogP contribution is -2.43. The lowest BCUT2D eigenvalue weighted by atomic mass is 10.3. The minimum atomic E-state index is -0.723. The molecular formula is C10H12BrN3O3. The fourth-order valence-electron chi connectivity index (χ4n) is 1.40. The van der Waals surface area contributed by atoms with E-state index in [1.54, 1.807) is 24.1 Å². The van der Waals surface area contributed by atoms with Crippen molar-refractivity contribution in [3.63, 3.8) is 0 Å². The quantitative estimate of drug-likeness (QED) is 0.875. The van der Waals surface area contributed by atoms with E-state index in [4.69, 9.17) is 9.57 Å². The van der Waals surface area contributed by atoms with Crippen molar-refractivity contribution in [3.05, 3.63) is 22.3 Å². The molecule has 0 amide bonds. The van der Waals surface area contributed by atoms with Crippen LogP contribution >= 0.6 is 15.9 Å². The van der Waals surface area contributed by atoms with Crippen LogP contribution in [0.1, 0.15) is 5.69 Å². The molecule has 0 spiro atoms. The number of hydrogen-bond donors (Lipinski definition) is 1. The Labute approximate surface area is 107 Å². The van der Waals surface area contributed by atoms with Gasteiger partial charge in [-0.3, -0.25) is 0 Å². The summed E-state index contributed by atoms with van der Waals surface area (Å²) in [5.41, 5.74) is 0.575. The highest BCUT2D eigenvalue weighted by atomic mass is 79.9. The first-order chi connectivity index (χ1) is 8.13. The summed E-state index contributed by atoms with van der Waals surface area (Å²) in [6, 6.07) is 3.57. The maximum absolute atomic E-state index is 9.64. The van der Waals surface area contributed by atoms with Crippen LogP contribution in [0.4, 0.5) is 0 Å². The van der Waals surface area contributed by atoms with E-state index in [1.165, 1.54) is 7.11 Å². The average molecular weight is 302 g/mol. The van der Waals surface area contributed by atoms with Gasteiger partial charge in [0.05, 0.1) is 11.6 Å². The van der Waals surface area contributed by atoms with Crippen molar-refractivity contribution in [1.29, 1.82) is 0 Å². The van der Waals surface area contributed by atoms with Gasteiger partial charge in [-0.15, -0.1) is 0 Å². The summed E-state index contributed by atoms with van der Waals surface area (Å²) in [4.78, 5) is 10.8. The predicted molar refractivity (Wildman–Crippen MR) is 64.7 cm³/mol. The Balaban J connectivity index is 2.37. The second kappa shape index (κ2) is 4.89. The Kier molecular flexibility index (Phi) is 3.49. The van der Waals surface area contributed by atoms with Crippen molar-refractivity contribution in [3.8, 4) is 5.88 Å². The zero-order valence-electron chi connectivity index (χ0n) is 9.42. The number of rotatable bonds is 2. The molecule has 17 heavy (non-hydrogen) atoms. The molecule has 1 aliphatic heterocycles. The van der Waals surface area contributed by atoms with Crippen molar-refractivity contribution in [1.82, 2.24) is 9.88 Å². The molecule has 1 aromatic heterocycles. The lowest BCUT2D eigenvalue weighted by Gasteiger charge is -2.28. The first-order valence-corrected chi connectivity index (χ1v) is 5.74. The molecular weight excluding hydrogens is 290 g/mol. The Morgan fingerprint density at radius 1 is 1.59 bits per heavy atom. The van der Waals surface area contributed by atoms with E-state index in [9.17, 15) is 5.11 Å². The zero-order valence-corrected chi connectivity index (χ0v) is 11.0. The van der Waals surface area contributed by atoms with E-state index in [0.29, 0.717) is 17.4 Å². The number of likely N-dealkylation sites (N-methyl/N-ethyl adjacent to an activating group) is 1. The molecule has 0 saturated carbocycles. The summed E-state index contributed by atoms with van der Waals surface area (Å²) in [5.74, 6) is 0.924. The number of pyridine rings is 1. The summed E-state index contributed by atoms with van der Waals surface area (Å²) >= 11 is 3.32. The molecule has 0 aliphatic carbocycles. The predicted octanol–water partition coefficient (Wildman–Crippen LogP) is 0.795. The van der Waals surface area contributed by atoms with Crippen molar-refractivity contribution >= 4 is 21.8 Å². The molecule has 92 valence electrons. The third-order valence-corrected chi connectivity index (χ3v) is 3.00. The van der Waals surface area contributed by atoms with Gasteiger partial charge in [0.2, 0.25) is 5.88 Å². The lowest BCUT2D eigenvalue weighted by molar-refractivity contribution is -0.0393. The Morgan fingerprint density at radius 3 is 3.06 bits per heavy atom. The van der Waals surface area contributed by atoms with E-state index in [-0.39, 0.29) is 6.61 Å². The number of ether oxygens (including phenoxy) is 1. The third-order valence-electron chi connectivity index (χ3n) is 2.39. The van der Waals surface area contributed by atoms with Crippen LogP contribution < -0.4 is 4.74 Å². The van der Waals surface area contributed by atoms with Crippen molar-refractivity contribution < 1.29 is 14.7 Å². The number of oxime groups is 1. The van der Waals surface area contributed by atoms with Crippen molar-refractivity contribution in [2.75, 3.05) is 20.8 Å². The number of nitrogens with zero attached hydrogens (tertiary/aromatic N) is 3. The topological polar surface area (TPSA) is 67.2 Å². The number of aliphatic hydroxyl groups is 1. The molecule has 1 N–H and O–H groups in total. The van der Waals surface area contributed by atoms with Gasteiger partial charge in [0, 0.05) is 7.05 Å². The van der Waals surface area contributed by atoms with E-state index in [0.717, 1.165) is 4.47 Å². The fourth-order valence-corrected chi connectivity index (χ4v) is 1.78. The van der Waals surface area contributed by atoms with Gasteiger partial charge in [-0.2, -0.15) is 0 Å². The zero-order chi connectivity index (χ0) is 12.4. The number of methoxy groups -OCH3 is 1. The minimum Gasteiger partial charge on any atom is -0.480 e. The Hall–Kier alpha value is -1.34. The van der Waals surface area contributed by atoms with Crippen molar-refractivity contribution in [2.45, 2.75) is 6.23 Å². The molecule has 0 bridgehead atoms. The molecule has 6 nitrogen and oxygen atoms in total. The molecule has 1 atom stereocenters. The van der Waals surface area contributed by atoms with E-state index >= 15 is 0 Å². The van der Waals surface area contributed by atoms with Crippen LogP contribution in [0.2, 0.25) is 0 Å². The number of hydrogen-bond acceptors (Lipinski definition) is 6. The fraction of sp³-hybridized carbons (Fsp3) is 0.400. The third kappa shape index (κ3) is 2.34. The highest BCUT2D eigenvalue weighted by Gasteiger charge is 2.24. The SMILES string of the molecule is COc1nc(C2=NOCC(O)N2C)ccc1Br. The largest absolute Gasteiger partial charge is 0.480 e. The van der Waals surface area contributed by atoms with E-state index < -0.39 is 6.23 Å². The van der Waals surface area contributed by atoms with Crippen LogP contribution in [0.3, 0.4) is 0 Å². The van der Waals surface area contributed by atoms with Gasteiger partial charge in [0.25, 0.3) is 0 Å². The number of aliphatic hydroxyl groups excluding tert-OH is 1. The van der Waals surface area contributed by atoms with E-state index in [1.807, 2.05) is 0 Å². The summed E-state index contributed by atoms with van der Waals surface area (Å²) in [5, 5.41) is 13.5. The van der Waals surface area contributed by atoms with Crippen LogP contribution in [-0.4, -0.2) is 47.8 Å². The molecule has 0 aromatic carbocycles. The van der Waals surface area contributed by atoms with Crippen molar-refractivity contribution in [2.24, 2.45) is 5.16 Å². The maximum Gasteiger partial charge on any atom is 0.228 e. The summed E-state index contributed by atoms with van der Waals surface area (Å²) in [7, 11) is 3.26. The van der Waals surface area contributed by atoms with Crippen LogP contribution in [-0.2, 0) is 4.84 Å². The first kappa shape index (κ1) is 12.1. The smallest absolute Gasteiger partial charge is 0.228 e. The Morgan fingerprint density at radius 2 is 2.35 bits per heavy atom. The average Bonchev–Trinajstić information content (AvgIpc) is 2.34. The number of halogens is 1.